The Morgan fingerprint density at radius 3 is 2.15 bits per heavy atom. The fourth-order valence-corrected chi connectivity index (χ4v) is 3.27. The zero-order valence-corrected chi connectivity index (χ0v) is 11.9. The van der Waals surface area contributed by atoms with Crippen LogP contribution in [0, 0.1) is 0 Å². The molecule has 2 aromatic carbocycles. The van der Waals surface area contributed by atoms with Gasteiger partial charge in [0.1, 0.15) is 0 Å². The van der Waals surface area contributed by atoms with Gasteiger partial charge in [0.15, 0.2) is 0 Å². The second-order valence-electron chi connectivity index (χ2n) is 5.89. The second-order valence-corrected chi connectivity index (χ2v) is 5.89. The van der Waals surface area contributed by atoms with Crippen molar-refractivity contribution in [1.29, 1.82) is 0 Å². The predicted octanol–water partition coefficient (Wildman–Crippen LogP) is 3.35. The third-order valence-corrected chi connectivity index (χ3v) is 4.32. The second kappa shape index (κ2) is 4.50. The molecule has 1 aliphatic rings. The van der Waals surface area contributed by atoms with Gasteiger partial charge in [0.2, 0.25) is 0 Å². The lowest BCUT2D eigenvalue weighted by Crippen LogP contribution is -2.27. The monoisotopic (exact) mass is 264 g/mol. The number of nitrogens with two attached hydrogens (primary N) is 2. The number of hydrogen-bond donors (Lipinski definition) is 2. The molecular weight excluding hydrogens is 244 g/mol. The van der Waals surface area contributed by atoms with Gasteiger partial charge in [-0.25, -0.2) is 0 Å². The number of rotatable bonds is 2. The van der Waals surface area contributed by atoms with Gasteiger partial charge >= 0.3 is 0 Å². The Bertz CT molecular complexity index is 669. The van der Waals surface area contributed by atoms with Crippen LogP contribution in [0.5, 0.6) is 0 Å². The quantitative estimate of drug-likeness (QED) is 0.874. The first kappa shape index (κ1) is 12.9. The molecule has 1 atom stereocenters. The van der Waals surface area contributed by atoms with Gasteiger partial charge in [-0.1, -0.05) is 68.4 Å². The van der Waals surface area contributed by atoms with Gasteiger partial charge in [-0.05, 0) is 16.7 Å². The van der Waals surface area contributed by atoms with E-state index in [-0.39, 0.29) is 11.5 Å². The van der Waals surface area contributed by atoms with Gasteiger partial charge in [-0.15, -0.1) is 0 Å². The van der Waals surface area contributed by atoms with Crippen molar-refractivity contribution in [2.75, 3.05) is 0 Å². The van der Waals surface area contributed by atoms with E-state index in [4.69, 9.17) is 11.5 Å². The van der Waals surface area contributed by atoms with E-state index in [0.29, 0.717) is 0 Å². The zero-order valence-electron chi connectivity index (χ0n) is 11.9. The summed E-state index contributed by atoms with van der Waals surface area (Å²) in [4.78, 5) is 0. The molecular formula is C18H20N2. The molecule has 102 valence electrons. The molecule has 0 saturated heterocycles. The molecule has 0 bridgehead atoms. The SMILES string of the molecule is CC1(C)C(C(N)c2ccccc2)=C(N)c2ccccc21. The van der Waals surface area contributed by atoms with Gasteiger partial charge in [0, 0.05) is 16.7 Å². The Kier molecular flexibility index (Phi) is 2.91. The lowest BCUT2D eigenvalue weighted by atomic mass is 9.77. The molecule has 0 amide bonds. The molecule has 2 aromatic rings. The van der Waals surface area contributed by atoms with E-state index in [1.165, 1.54) is 5.56 Å². The van der Waals surface area contributed by atoms with Gasteiger partial charge in [0.25, 0.3) is 0 Å². The van der Waals surface area contributed by atoms with Gasteiger partial charge in [-0.2, -0.15) is 0 Å². The summed E-state index contributed by atoms with van der Waals surface area (Å²) in [6.45, 7) is 4.40. The van der Waals surface area contributed by atoms with Crippen molar-refractivity contribution >= 4 is 5.70 Å². The van der Waals surface area contributed by atoms with Crippen molar-refractivity contribution < 1.29 is 0 Å². The van der Waals surface area contributed by atoms with Crippen molar-refractivity contribution in [2.24, 2.45) is 11.5 Å². The molecule has 1 aliphatic carbocycles. The molecule has 0 radical (unpaired) electrons. The average Bonchev–Trinajstić information content (AvgIpc) is 2.67. The lowest BCUT2D eigenvalue weighted by Gasteiger charge is -2.29. The fraction of sp³-hybridized carbons (Fsp3) is 0.222. The maximum atomic E-state index is 6.51. The van der Waals surface area contributed by atoms with Gasteiger partial charge in [0.05, 0.1) is 6.04 Å². The van der Waals surface area contributed by atoms with E-state index in [1.54, 1.807) is 0 Å². The average molecular weight is 264 g/mol. The summed E-state index contributed by atoms with van der Waals surface area (Å²) in [5.74, 6) is 0. The highest BCUT2D eigenvalue weighted by Gasteiger charge is 2.39. The van der Waals surface area contributed by atoms with Crippen LogP contribution in [0.15, 0.2) is 60.2 Å². The molecule has 4 N–H and O–H groups in total. The minimum atomic E-state index is -0.168. The smallest absolute Gasteiger partial charge is 0.0542 e. The van der Waals surface area contributed by atoms with Crippen molar-refractivity contribution in [3.05, 3.63) is 76.9 Å². The van der Waals surface area contributed by atoms with E-state index in [2.05, 4.69) is 44.2 Å². The Morgan fingerprint density at radius 2 is 1.50 bits per heavy atom. The molecule has 3 rings (SSSR count). The highest BCUT2D eigenvalue weighted by atomic mass is 14.7. The first-order valence-electron chi connectivity index (χ1n) is 6.94. The Morgan fingerprint density at radius 1 is 0.900 bits per heavy atom. The first-order valence-corrected chi connectivity index (χ1v) is 6.94. The van der Waals surface area contributed by atoms with Crippen molar-refractivity contribution in [3.8, 4) is 0 Å². The minimum absolute atomic E-state index is 0.129. The summed E-state index contributed by atoms with van der Waals surface area (Å²) in [6, 6.07) is 18.3. The van der Waals surface area contributed by atoms with E-state index in [1.807, 2.05) is 24.3 Å². The first-order chi connectivity index (χ1) is 9.53. The Labute approximate surface area is 120 Å². The molecule has 0 aromatic heterocycles. The Hall–Kier alpha value is -2.06. The van der Waals surface area contributed by atoms with Crippen LogP contribution in [-0.2, 0) is 5.41 Å². The third kappa shape index (κ3) is 1.76. The van der Waals surface area contributed by atoms with Crippen LogP contribution in [0.4, 0.5) is 0 Å². The zero-order chi connectivity index (χ0) is 14.3. The molecule has 2 nitrogen and oxygen atoms in total. The molecule has 20 heavy (non-hydrogen) atoms. The number of fused-ring (bicyclic) bond motifs is 1. The fourth-order valence-electron chi connectivity index (χ4n) is 3.27. The topological polar surface area (TPSA) is 52.0 Å². The maximum absolute atomic E-state index is 6.51. The lowest BCUT2D eigenvalue weighted by molar-refractivity contribution is 0.580. The molecule has 2 heteroatoms. The normalized spacial score (nSPS) is 17.9. The van der Waals surface area contributed by atoms with Crippen LogP contribution >= 0.6 is 0 Å². The van der Waals surface area contributed by atoms with Gasteiger partial charge in [-0.3, -0.25) is 0 Å². The highest BCUT2D eigenvalue weighted by Crippen LogP contribution is 2.48. The summed E-state index contributed by atoms with van der Waals surface area (Å²) in [6.07, 6.45) is 0. The molecule has 1 unspecified atom stereocenters. The van der Waals surface area contributed by atoms with Crippen LogP contribution in [0.2, 0.25) is 0 Å². The molecule has 0 aliphatic heterocycles. The van der Waals surface area contributed by atoms with Crippen molar-refractivity contribution in [3.63, 3.8) is 0 Å². The van der Waals surface area contributed by atoms with Crippen molar-refractivity contribution in [2.45, 2.75) is 25.3 Å². The molecule has 0 saturated carbocycles. The minimum Gasteiger partial charge on any atom is -0.398 e. The Balaban J connectivity index is 2.13. The van der Waals surface area contributed by atoms with Crippen LogP contribution in [-0.4, -0.2) is 0 Å². The number of hydrogen-bond acceptors (Lipinski definition) is 2. The van der Waals surface area contributed by atoms with E-state index in [0.717, 1.165) is 22.4 Å². The summed E-state index contributed by atoms with van der Waals surface area (Å²) >= 11 is 0. The van der Waals surface area contributed by atoms with Gasteiger partial charge < -0.3 is 11.5 Å². The van der Waals surface area contributed by atoms with Crippen LogP contribution in [0.1, 0.15) is 36.6 Å². The standard InChI is InChI=1S/C18H20N2/c1-18(2)14-11-7-6-10-13(14)17(20)15(18)16(19)12-8-4-3-5-9-12/h3-11,16H,19-20H2,1-2H3. The summed E-state index contributed by atoms with van der Waals surface area (Å²) < 4.78 is 0. The summed E-state index contributed by atoms with van der Waals surface area (Å²) in [5.41, 5.74) is 18.2. The van der Waals surface area contributed by atoms with E-state index >= 15 is 0 Å². The van der Waals surface area contributed by atoms with Crippen molar-refractivity contribution in [1.82, 2.24) is 0 Å². The van der Waals surface area contributed by atoms with E-state index in [9.17, 15) is 0 Å². The van der Waals surface area contributed by atoms with Crippen LogP contribution in [0.25, 0.3) is 5.70 Å². The molecule has 0 fully saturated rings. The summed E-state index contributed by atoms with van der Waals surface area (Å²) in [5, 5.41) is 0. The number of benzene rings is 2. The van der Waals surface area contributed by atoms with E-state index < -0.39 is 0 Å². The third-order valence-electron chi connectivity index (χ3n) is 4.32. The van der Waals surface area contributed by atoms with Crippen LogP contribution < -0.4 is 11.5 Å². The summed E-state index contributed by atoms with van der Waals surface area (Å²) in [7, 11) is 0. The largest absolute Gasteiger partial charge is 0.398 e. The molecule has 0 heterocycles. The molecule has 0 spiro atoms. The maximum Gasteiger partial charge on any atom is 0.0542 e. The highest BCUT2D eigenvalue weighted by molar-refractivity contribution is 5.79. The van der Waals surface area contributed by atoms with Crippen LogP contribution in [0.3, 0.4) is 0 Å². The predicted molar refractivity (Wildman–Crippen MR) is 83.9 cm³/mol.